The molecule has 0 fully saturated rings. The second-order valence-corrected chi connectivity index (χ2v) is 7.71. The van der Waals surface area contributed by atoms with Crippen molar-refractivity contribution in [3.8, 4) is 0 Å². The van der Waals surface area contributed by atoms with Crippen LogP contribution >= 0.6 is 46.7 Å². The number of hydrogen-bond acceptors (Lipinski definition) is 4. The van der Waals surface area contributed by atoms with Crippen molar-refractivity contribution < 1.29 is 0 Å². The number of halogens is 1. The maximum atomic E-state index is 4.65. The average Bonchev–Trinajstić information content (AvgIpc) is 3.11. The summed E-state index contributed by atoms with van der Waals surface area (Å²) >= 11 is 3.56. The molecule has 0 spiro atoms. The third-order valence-corrected chi connectivity index (χ3v) is 5.38. The third-order valence-electron chi connectivity index (χ3n) is 3.19. The predicted octanol–water partition coefficient (Wildman–Crippen LogP) is 4.16. The molecule has 0 unspecified atom stereocenters. The van der Waals surface area contributed by atoms with Crippen LogP contribution in [0.5, 0.6) is 0 Å². The Morgan fingerprint density at radius 3 is 2.65 bits per heavy atom. The lowest BCUT2D eigenvalue weighted by Crippen LogP contribution is -2.37. The number of nitrogens with zero attached hydrogens (tertiary/aromatic N) is 2. The molecule has 0 radical (unpaired) electrons. The molecule has 2 aromatic heterocycles. The van der Waals surface area contributed by atoms with Crippen LogP contribution in [0.15, 0.2) is 22.5 Å². The van der Waals surface area contributed by atoms with Crippen LogP contribution in [-0.4, -0.2) is 24.5 Å². The fourth-order valence-corrected chi connectivity index (χ4v) is 3.68. The zero-order chi connectivity index (χ0) is 15.9. The summed E-state index contributed by atoms with van der Waals surface area (Å²) in [4.78, 5) is 11.6. The summed E-state index contributed by atoms with van der Waals surface area (Å²) in [6, 6.07) is 4.30. The second kappa shape index (κ2) is 10.2. The number of rotatable bonds is 6. The van der Waals surface area contributed by atoms with Crippen molar-refractivity contribution >= 4 is 52.6 Å². The van der Waals surface area contributed by atoms with Crippen LogP contribution in [0.2, 0.25) is 0 Å². The van der Waals surface area contributed by atoms with Crippen LogP contribution in [0.3, 0.4) is 0 Å². The zero-order valence-electron chi connectivity index (χ0n) is 14.0. The van der Waals surface area contributed by atoms with Crippen LogP contribution in [0.25, 0.3) is 0 Å². The summed E-state index contributed by atoms with van der Waals surface area (Å²) in [7, 11) is 1.80. The second-order valence-electron chi connectivity index (χ2n) is 5.45. The largest absolute Gasteiger partial charge is 0.356 e. The number of aryl methyl sites for hydroxylation is 1. The van der Waals surface area contributed by atoms with Crippen LogP contribution in [0, 0.1) is 6.92 Å². The molecule has 0 aliphatic carbocycles. The first-order valence-corrected chi connectivity index (χ1v) is 9.22. The number of thiophene rings is 1. The molecule has 0 aromatic carbocycles. The third kappa shape index (κ3) is 6.76. The molecule has 0 atom stereocenters. The van der Waals surface area contributed by atoms with Crippen LogP contribution in [0.4, 0.5) is 0 Å². The first-order valence-electron chi connectivity index (χ1n) is 7.52. The van der Waals surface area contributed by atoms with Gasteiger partial charge in [-0.25, -0.2) is 4.98 Å². The standard InChI is InChI=1S/C16H24N4S2.HI/c1-11(2)15-20-13(10-21-15)7-8-18-16(17-4)19-9-14-6-5-12(3)22-14;/h5-6,10-11H,7-9H2,1-4H3,(H2,17,18,19);1H. The van der Waals surface area contributed by atoms with Gasteiger partial charge in [-0.2, -0.15) is 0 Å². The van der Waals surface area contributed by atoms with Gasteiger partial charge in [0.15, 0.2) is 5.96 Å². The van der Waals surface area contributed by atoms with Crippen molar-refractivity contribution in [2.75, 3.05) is 13.6 Å². The Labute approximate surface area is 163 Å². The van der Waals surface area contributed by atoms with E-state index in [2.05, 4.69) is 58.9 Å². The molecule has 0 amide bonds. The maximum absolute atomic E-state index is 4.65. The molecule has 7 heteroatoms. The van der Waals surface area contributed by atoms with Crippen LogP contribution < -0.4 is 10.6 Å². The normalized spacial score (nSPS) is 11.4. The molecule has 0 aliphatic rings. The molecule has 0 aliphatic heterocycles. The fourth-order valence-electron chi connectivity index (χ4n) is 1.98. The highest BCUT2D eigenvalue weighted by atomic mass is 127. The van der Waals surface area contributed by atoms with Gasteiger partial charge in [0, 0.05) is 41.1 Å². The van der Waals surface area contributed by atoms with E-state index in [1.54, 1.807) is 18.4 Å². The molecular weight excluding hydrogens is 439 g/mol. The highest BCUT2D eigenvalue weighted by Gasteiger charge is 2.06. The fraction of sp³-hybridized carbons (Fsp3) is 0.500. The van der Waals surface area contributed by atoms with Gasteiger partial charge in [0.1, 0.15) is 0 Å². The molecule has 2 N–H and O–H groups in total. The monoisotopic (exact) mass is 464 g/mol. The van der Waals surface area contributed by atoms with E-state index in [9.17, 15) is 0 Å². The number of aromatic nitrogens is 1. The van der Waals surface area contributed by atoms with Gasteiger partial charge < -0.3 is 10.6 Å². The molecule has 4 nitrogen and oxygen atoms in total. The highest BCUT2D eigenvalue weighted by molar-refractivity contribution is 14.0. The lowest BCUT2D eigenvalue weighted by atomic mass is 10.2. The Morgan fingerprint density at radius 2 is 2.09 bits per heavy atom. The van der Waals surface area contributed by atoms with E-state index in [1.807, 2.05) is 11.3 Å². The Kier molecular flexibility index (Phi) is 9.08. The topological polar surface area (TPSA) is 49.3 Å². The summed E-state index contributed by atoms with van der Waals surface area (Å²) in [5, 5.41) is 10.0. The molecule has 2 heterocycles. The summed E-state index contributed by atoms with van der Waals surface area (Å²) < 4.78 is 0. The van der Waals surface area contributed by atoms with E-state index in [0.717, 1.165) is 31.2 Å². The van der Waals surface area contributed by atoms with Gasteiger partial charge in [0.25, 0.3) is 0 Å². The van der Waals surface area contributed by atoms with Gasteiger partial charge in [0.2, 0.25) is 0 Å². The van der Waals surface area contributed by atoms with Gasteiger partial charge in [-0.15, -0.1) is 46.7 Å². The van der Waals surface area contributed by atoms with Crippen molar-refractivity contribution in [2.24, 2.45) is 4.99 Å². The minimum atomic E-state index is 0. The Morgan fingerprint density at radius 1 is 1.30 bits per heavy atom. The SMILES string of the molecule is CN=C(NCCc1csc(C(C)C)n1)NCc1ccc(C)s1.I. The van der Waals surface area contributed by atoms with Gasteiger partial charge in [-0.3, -0.25) is 4.99 Å². The lowest BCUT2D eigenvalue weighted by Gasteiger charge is -2.10. The first-order chi connectivity index (χ1) is 10.6. The van der Waals surface area contributed by atoms with E-state index in [1.165, 1.54) is 14.8 Å². The Balaban J connectivity index is 0.00000264. The van der Waals surface area contributed by atoms with E-state index in [-0.39, 0.29) is 24.0 Å². The van der Waals surface area contributed by atoms with E-state index >= 15 is 0 Å². The first kappa shape index (κ1) is 20.4. The highest BCUT2D eigenvalue weighted by Crippen LogP contribution is 2.19. The molecule has 0 bridgehead atoms. The summed E-state index contributed by atoms with van der Waals surface area (Å²) in [5.41, 5.74) is 1.16. The molecular formula is C16H25IN4S2. The molecule has 2 rings (SSSR count). The molecule has 0 saturated carbocycles. The Bertz CT molecular complexity index is 619. The minimum absolute atomic E-state index is 0. The number of guanidine groups is 1. The van der Waals surface area contributed by atoms with E-state index < -0.39 is 0 Å². The van der Waals surface area contributed by atoms with Crippen molar-refractivity contribution in [1.29, 1.82) is 0 Å². The van der Waals surface area contributed by atoms with Crippen molar-refractivity contribution in [3.63, 3.8) is 0 Å². The number of thiazole rings is 1. The van der Waals surface area contributed by atoms with E-state index in [4.69, 9.17) is 0 Å². The minimum Gasteiger partial charge on any atom is -0.356 e. The number of hydrogen-bond donors (Lipinski definition) is 2. The van der Waals surface area contributed by atoms with Crippen molar-refractivity contribution in [2.45, 2.75) is 39.7 Å². The lowest BCUT2D eigenvalue weighted by molar-refractivity contribution is 0.780. The van der Waals surface area contributed by atoms with Gasteiger partial charge in [0.05, 0.1) is 17.2 Å². The van der Waals surface area contributed by atoms with Crippen molar-refractivity contribution in [1.82, 2.24) is 15.6 Å². The quantitative estimate of drug-likeness (QED) is 0.384. The van der Waals surface area contributed by atoms with Gasteiger partial charge in [-0.05, 0) is 19.1 Å². The van der Waals surface area contributed by atoms with Crippen LogP contribution in [0.1, 0.15) is 40.2 Å². The van der Waals surface area contributed by atoms with Crippen molar-refractivity contribution in [3.05, 3.63) is 38.0 Å². The molecule has 128 valence electrons. The molecule has 23 heavy (non-hydrogen) atoms. The molecule has 2 aromatic rings. The van der Waals surface area contributed by atoms with Gasteiger partial charge >= 0.3 is 0 Å². The Hall–Kier alpha value is -0.670. The summed E-state index contributed by atoms with van der Waals surface area (Å²) in [5.74, 6) is 1.35. The average molecular weight is 464 g/mol. The number of aliphatic imine (C=N–C) groups is 1. The molecule has 0 saturated heterocycles. The van der Waals surface area contributed by atoms with E-state index in [0.29, 0.717) is 5.92 Å². The van der Waals surface area contributed by atoms with Crippen LogP contribution in [-0.2, 0) is 13.0 Å². The smallest absolute Gasteiger partial charge is 0.191 e. The maximum Gasteiger partial charge on any atom is 0.191 e. The summed E-state index contributed by atoms with van der Waals surface area (Å²) in [6.07, 6.45) is 0.919. The van der Waals surface area contributed by atoms with Gasteiger partial charge in [-0.1, -0.05) is 13.8 Å². The number of nitrogens with one attached hydrogen (secondary N) is 2. The zero-order valence-corrected chi connectivity index (χ0v) is 18.0. The predicted molar refractivity (Wildman–Crippen MR) is 113 cm³/mol. The summed E-state index contributed by atoms with van der Waals surface area (Å²) in [6.45, 7) is 8.13.